The molecule has 0 heterocycles. The van der Waals surface area contributed by atoms with Gasteiger partial charge in [-0.2, -0.15) is 0 Å². The van der Waals surface area contributed by atoms with Gasteiger partial charge in [0.15, 0.2) is 0 Å². The molecule has 0 fully saturated rings. The molecule has 98 valence electrons. The molecule has 0 unspecified atom stereocenters. The Morgan fingerprint density at radius 3 is 2.61 bits per heavy atom. The highest BCUT2D eigenvalue weighted by atomic mass is 35.5. The summed E-state index contributed by atoms with van der Waals surface area (Å²) in [4.78, 5) is 22.6. The minimum atomic E-state index is -0.221. The van der Waals surface area contributed by atoms with Gasteiger partial charge in [-0.15, -0.1) is 0 Å². The van der Waals surface area contributed by atoms with Crippen LogP contribution in [-0.2, 0) is 9.59 Å². The molecule has 0 saturated carbocycles. The van der Waals surface area contributed by atoms with E-state index in [0.717, 1.165) is 0 Å². The average Bonchev–Trinajstić information content (AvgIpc) is 2.29. The lowest BCUT2D eigenvalue weighted by Gasteiger charge is -2.07. The molecular formula is C12H16ClN3O2. The largest absolute Gasteiger partial charge is 0.355 e. The molecule has 0 atom stereocenters. The number of rotatable bonds is 6. The molecule has 5 nitrogen and oxygen atoms in total. The van der Waals surface area contributed by atoms with Gasteiger partial charge in [0.1, 0.15) is 0 Å². The lowest BCUT2D eigenvalue weighted by molar-refractivity contribution is -0.120. The van der Waals surface area contributed by atoms with Crippen LogP contribution in [0.15, 0.2) is 24.3 Å². The maximum atomic E-state index is 11.5. The van der Waals surface area contributed by atoms with E-state index in [1.807, 2.05) is 6.92 Å². The predicted octanol–water partition coefficient (Wildman–Crippen LogP) is 1.00. The molecule has 0 aliphatic rings. The monoisotopic (exact) mass is 269 g/mol. The summed E-state index contributed by atoms with van der Waals surface area (Å²) in [7, 11) is 0. The van der Waals surface area contributed by atoms with Gasteiger partial charge in [-0.3, -0.25) is 14.9 Å². The van der Waals surface area contributed by atoms with E-state index in [1.54, 1.807) is 24.3 Å². The van der Waals surface area contributed by atoms with Gasteiger partial charge >= 0.3 is 0 Å². The van der Waals surface area contributed by atoms with Crippen LogP contribution in [0.25, 0.3) is 0 Å². The normalized spacial score (nSPS) is 9.89. The van der Waals surface area contributed by atoms with Crippen molar-refractivity contribution in [3.8, 4) is 0 Å². The van der Waals surface area contributed by atoms with Crippen LogP contribution in [0, 0.1) is 0 Å². The molecular weight excluding hydrogens is 254 g/mol. The second kappa shape index (κ2) is 7.68. The van der Waals surface area contributed by atoms with Gasteiger partial charge in [-0.25, -0.2) is 0 Å². The fourth-order valence-electron chi connectivity index (χ4n) is 1.32. The van der Waals surface area contributed by atoms with E-state index in [2.05, 4.69) is 16.0 Å². The van der Waals surface area contributed by atoms with E-state index in [0.29, 0.717) is 17.3 Å². The van der Waals surface area contributed by atoms with Crippen molar-refractivity contribution in [3.05, 3.63) is 29.3 Å². The van der Waals surface area contributed by atoms with E-state index < -0.39 is 0 Å². The molecule has 18 heavy (non-hydrogen) atoms. The molecule has 0 radical (unpaired) electrons. The summed E-state index contributed by atoms with van der Waals surface area (Å²) in [5.74, 6) is -0.352. The molecule has 1 rings (SSSR count). The third-order valence-electron chi connectivity index (χ3n) is 2.05. The van der Waals surface area contributed by atoms with Gasteiger partial charge in [-0.05, 0) is 25.1 Å². The Morgan fingerprint density at radius 2 is 1.94 bits per heavy atom. The highest BCUT2D eigenvalue weighted by Gasteiger charge is 2.04. The number of benzene rings is 1. The molecule has 0 aromatic heterocycles. The van der Waals surface area contributed by atoms with Gasteiger partial charge < -0.3 is 10.6 Å². The Hall–Kier alpha value is -1.59. The number of likely N-dealkylation sites (N-methyl/N-ethyl adjacent to an activating group) is 1. The second-order valence-corrected chi connectivity index (χ2v) is 4.05. The van der Waals surface area contributed by atoms with Crippen molar-refractivity contribution < 1.29 is 9.59 Å². The number of carbonyl (C=O) groups excluding carboxylic acids is 2. The topological polar surface area (TPSA) is 70.2 Å². The summed E-state index contributed by atoms with van der Waals surface area (Å²) in [5.41, 5.74) is 0.632. The Balaban J connectivity index is 2.28. The zero-order valence-electron chi connectivity index (χ0n) is 10.1. The summed E-state index contributed by atoms with van der Waals surface area (Å²) in [6.45, 7) is 2.61. The Labute approximate surface area is 111 Å². The summed E-state index contributed by atoms with van der Waals surface area (Å²) >= 11 is 5.79. The van der Waals surface area contributed by atoms with Crippen LogP contribution in [-0.4, -0.2) is 31.4 Å². The number of hydrogen-bond donors (Lipinski definition) is 3. The van der Waals surface area contributed by atoms with E-state index >= 15 is 0 Å². The summed E-state index contributed by atoms with van der Waals surface area (Å²) in [6.07, 6.45) is 0. The third kappa shape index (κ3) is 5.65. The summed E-state index contributed by atoms with van der Waals surface area (Å²) in [5, 5.41) is 8.60. The first-order chi connectivity index (χ1) is 8.61. The average molecular weight is 270 g/mol. The van der Waals surface area contributed by atoms with Crippen molar-refractivity contribution in [2.24, 2.45) is 0 Å². The lowest BCUT2D eigenvalue weighted by atomic mass is 10.3. The van der Waals surface area contributed by atoms with Crippen molar-refractivity contribution in [1.29, 1.82) is 0 Å². The van der Waals surface area contributed by atoms with Crippen molar-refractivity contribution in [1.82, 2.24) is 10.6 Å². The van der Waals surface area contributed by atoms with Crippen LogP contribution in [0.3, 0.4) is 0 Å². The SMILES string of the molecule is CCNC(=O)CNCC(=O)Nc1cccc(Cl)c1. The minimum Gasteiger partial charge on any atom is -0.355 e. The number of nitrogens with one attached hydrogen (secondary N) is 3. The smallest absolute Gasteiger partial charge is 0.238 e. The lowest BCUT2D eigenvalue weighted by Crippen LogP contribution is -2.37. The highest BCUT2D eigenvalue weighted by Crippen LogP contribution is 2.14. The van der Waals surface area contributed by atoms with Crippen LogP contribution in [0.4, 0.5) is 5.69 Å². The summed E-state index contributed by atoms with van der Waals surface area (Å²) in [6, 6.07) is 6.88. The molecule has 1 aromatic carbocycles. The molecule has 3 N–H and O–H groups in total. The first-order valence-corrected chi connectivity index (χ1v) is 6.02. The molecule has 0 aliphatic carbocycles. The fraction of sp³-hybridized carbons (Fsp3) is 0.333. The first kappa shape index (κ1) is 14.5. The third-order valence-corrected chi connectivity index (χ3v) is 2.29. The Kier molecular flexibility index (Phi) is 6.18. The van der Waals surface area contributed by atoms with Crippen molar-refractivity contribution >= 4 is 29.1 Å². The number of halogens is 1. The van der Waals surface area contributed by atoms with E-state index in [1.165, 1.54) is 0 Å². The number of amides is 2. The van der Waals surface area contributed by atoms with Crippen molar-refractivity contribution in [2.75, 3.05) is 25.0 Å². The quantitative estimate of drug-likeness (QED) is 0.722. The van der Waals surface area contributed by atoms with Crippen molar-refractivity contribution in [2.45, 2.75) is 6.92 Å². The Morgan fingerprint density at radius 1 is 1.22 bits per heavy atom. The molecule has 6 heteroatoms. The number of anilines is 1. The predicted molar refractivity (Wildman–Crippen MR) is 71.6 cm³/mol. The number of hydrogen-bond acceptors (Lipinski definition) is 3. The second-order valence-electron chi connectivity index (χ2n) is 3.62. The molecule has 1 aromatic rings. The molecule has 0 bridgehead atoms. The van der Waals surface area contributed by atoms with E-state index in [9.17, 15) is 9.59 Å². The maximum Gasteiger partial charge on any atom is 0.238 e. The van der Waals surface area contributed by atoms with Gasteiger partial charge in [0.25, 0.3) is 0 Å². The maximum absolute atomic E-state index is 11.5. The van der Waals surface area contributed by atoms with Crippen LogP contribution in [0.2, 0.25) is 5.02 Å². The molecule has 2 amide bonds. The molecule has 0 aliphatic heterocycles. The van der Waals surface area contributed by atoms with E-state index in [-0.39, 0.29) is 24.9 Å². The Bertz CT molecular complexity index is 424. The first-order valence-electron chi connectivity index (χ1n) is 5.64. The van der Waals surface area contributed by atoms with Crippen LogP contribution in [0.1, 0.15) is 6.92 Å². The zero-order chi connectivity index (χ0) is 13.4. The number of carbonyl (C=O) groups is 2. The van der Waals surface area contributed by atoms with Gasteiger partial charge in [0.05, 0.1) is 13.1 Å². The molecule has 0 saturated heterocycles. The van der Waals surface area contributed by atoms with E-state index in [4.69, 9.17) is 11.6 Å². The van der Waals surface area contributed by atoms with Gasteiger partial charge in [0, 0.05) is 17.3 Å². The molecule has 0 spiro atoms. The summed E-state index contributed by atoms with van der Waals surface area (Å²) < 4.78 is 0. The van der Waals surface area contributed by atoms with Crippen LogP contribution in [0.5, 0.6) is 0 Å². The fourth-order valence-corrected chi connectivity index (χ4v) is 1.51. The zero-order valence-corrected chi connectivity index (χ0v) is 10.9. The van der Waals surface area contributed by atoms with Gasteiger partial charge in [-0.1, -0.05) is 17.7 Å². The van der Waals surface area contributed by atoms with Gasteiger partial charge in [0.2, 0.25) is 11.8 Å². The minimum absolute atomic E-state index is 0.0731. The standard InChI is InChI=1S/C12H16ClN3O2/c1-2-15-11(17)7-14-8-12(18)16-10-5-3-4-9(13)6-10/h3-6,14H,2,7-8H2,1H3,(H,15,17)(H,16,18). The van der Waals surface area contributed by atoms with Crippen LogP contribution >= 0.6 is 11.6 Å². The highest BCUT2D eigenvalue weighted by molar-refractivity contribution is 6.30. The van der Waals surface area contributed by atoms with Crippen molar-refractivity contribution in [3.63, 3.8) is 0 Å². The van der Waals surface area contributed by atoms with Crippen LogP contribution < -0.4 is 16.0 Å².